The molecular formula is C18H19N3O5. The van der Waals surface area contributed by atoms with E-state index in [4.69, 9.17) is 9.47 Å². The molecule has 2 aromatic rings. The van der Waals surface area contributed by atoms with Crippen LogP contribution >= 0.6 is 0 Å². The Morgan fingerprint density at radius 2 is 1.35 bits per heavy atom. The molecule has 0 spiro atoms. The van der Waals surface area contributed by atoms with Gasteiger partial charge in [-0.15, -0.1) is 0 Å². The highest BCUT2D eigenvalue weighted by atomic mass is 16.5. The Labute approximate surface area is 150 Å². The van der Waals surface area contributed by atoms with Crippen LogP contribution in [0.5, 0.6) is 11.5 Å². The molecule has 0 aliphatic heterocycles. The van der Waals surface area contributed by atoms with E-state index in [2.05, 4.69) is 16.0 Å². The van der Waals surface area contributed by atoms with Crippen molar-refractivity contribution in [3.05, 3.63) is 42.5 Å². The van der Waals surface area contributed by atoms with E-state index in [1.54, 1.807) is 42.5 Å². The van der Waals surface area contributed by atoms with E-state index < -0.39 is 11.8 Å². The molecule has 0 bridgehead atoms. The normalized spacial score (nSPS) is 9.81. The lowest BCUT2D eigenvalue weighted by molar-refractivity contribution is -0.133. The van der Waals surface area contributed by atoms with Gasteiger partial charge in [-0.05, 0) is 36.4 Å². The van der Waals surface area contributed by atoms with Crippen molar-refractivity contribution < 1.29 is 23.9 Å². The molecule has 2 aromatic carbocycles. The number of benzene rings is 2. The fourth-order valence-corrected chi connectivity index (χ4v) is 2.11. The van der Waals surface area contributed by atoms with Crippen molar-refractivity contribution in [1.29, 1.82) is 0 Å². The molecule has 8 heteroatoms. The number of rotatable bonds is 5. The van der Waals surface area contributed by atoms with Crippen LogP contribution < -0.4 is 25.4 Å². The van der Waals surface area contributed by atoms with Gasteiger partial charge in [-0.25, -0.2) is 0 Å². The Kier molecular flexibility index (Phi) is 6.15. The number of amides is 3. The average molecular weight is 357 g/mol. The molecule has 0 unspecified atom stereocenters. The van der Waals surface area contributed by atoms with Crippen LogP contribution in [0.3, 0.4) is 0 Å². The van der Waals surface area contributed by atoms with Gasteiger partial charge in [0.15, 0.2) is 0 Å². The maximum absolute atomic E-state index is 12.1. The molecule has 0 aliphatic carbocycles. The van der Waals surface area contributed by atoms with Gasteiger partial charge in [0.05, 0.1) is 19.9 Å². The summed E-state index contributed by atoms with van der Waals surface area (Å²) < 4.78 is 10.2. The van der Waals surface area contributed by atoms with Gasteiger partial charge in [0.1, 0.15) is 11.5 Å². The summed E-state index contributed by atoms with van der Waals surface area (Å²) in [5.74, 6) is -0.960. The molecule has 0 fully saturated rings. The molecule has 0 heterocycles. The van der Waals surface area contributed by atoms with E-state index in [0.717, 1.165) is 0 Å². The summed E-state index contributed by atoms with van der Waals surface area (Å²) in [7, 11) is 2.96. The fraction of sp³-hybridized carbons (Fsp3) is 0.167. The number of hydrogen-bond acceptors (Lipinski definition) is 5. The van der Waals surface area contributed by atoms with E-state index >= 15 is 0 Å². The highest BCUT2D eigenvalue weighted by Crippen LogP contribution is 2.29. The molecule has 0 saturated carbocycles. The van der Waals surface area contributed by atoms with Gasteiger partial charge < -0.3 is 25.4 Å². The van der Waals surface area contributed by atoms with Crippen molar-refractivity contribution in [2.24, 2.45) is 0 Å². The second kappa shape index (κ2) is 8.52. The summed E-state index contributed by atoms with van der Waals surface area (Å²) >= 11 is 0. The van der Waals surface area contributed by atoms with Crippen molar-refractivity contribution >= 4 is 34.8 Å². The predicted molar refractivity (Wildman–Crippen MR) is 97.6 cm³/mol. The number of hydrogen-bond donors (Lipinski definition) is 3. The molecule has 3 N–H and O–H groups in total. The second-order valence-electron chi connectivity index (χ2n) is 5.23. The van der Waals surface area contributed by atoms with Crippen LogP contribution in [0.2, 0.25) is 0 Å². The molecule has 0 saturated heterocycles. The number of carbonyl (C=O) groups excluding carboxylic acids is 3. The Bertz CT molecular complexity index is 818. The summed E-state index contributed by atoms with van der Waals surface area (Å²) in [6, 6.07) is 11.2. The minimum absolute atomic E-state index is 0.199. The molecule has 0 aromatic heterocycles. The van der Waals surface area contributed by atoms with Gasteiger partial charge in [-0.1, -0.05) is 0 Å². The lowest BCUT2D eigenvalue weighted by Crippen LogP contribution is -2.29. The zero-order valence-electron chi connectivity index (χ0n) is 14.6. The third-order valence-electron chi connectivity index (χ3n) is 3.33. The number of nitrogens with one attached hydrogen (secondary N) is 3. The van der Waals surface area contributed by atoms with E-state index in [1.165, 1.54) is 21.1 Å². The van der Waals surface area contributed by atoms with Crippen LogP contribution in [0.15, 0.2) is 42.5 Å². The monoisotopic (exact) mass is 357 g/mol. The molecule has 136 valence electrons. The number of anilines is 3. The Balaban J connectivity index is 2.01. The molecular weight excluding hydrogens is 338 g/mol. The molecule has 2 rings (SSSR count). The van der Waals surface area contributed by atoms with Crippen LogP contribution in [0.25, 0.3) is 0 Å². The van der Waals surface area contributed by atoms with E-state index in [0.29, 0.717) is 28.6 Å². The summed E-state index contributed by atoms with van der Waals surface area (Å²) in [6.45, 7) is 1.40. The van der Waals surface area contributed by atoms with E-state index in [9.17, 15) is 14.4 Å². The third-order valence-corrected chi connectivity index (χ3v) is 3.33. The maximum Gasteiger partial charge on any atom is 0.314 e. The zero-order valence-corrected chi connectivity index (χ0v) is 14.6. The molecule has 3 amide bonds. The second-order valence-corrected chi connectivity index (χ2v) is 5.23. The Hall–Kier alpha value is -3.55. The highest BCUT2D eigenvalue weighted by molar-refractivity contribution is 6.43. The van der Waals surface area contributed by atoms with Crippen LogP contribution in [0.4, 0.5) is 17.1 Å². The summed E-state index contributed by atoms with van der Waals surface area (Å²) in [6.07, 6.45) is 0. The number of methoxy groups -OCH3 is 2. The van der Waals surface area contributed by atoms with Gasteiger partial charge in [0.25, 0.3) is 0 Å². The SMILES string of the molecule is COc1ccc(NC(=O)C(=O)Nc2ccc(NC(C)=O)cc2)c(OC)c1. The quantitative estimate of drug-likeness (QED) is 0.712. The molecule has 0 radical (unpaired) electrons. The summed E-state index contributed by atoms with van der Waals surface area (Å²) in [5.41, 5.74) is 1.35. The Morgan fingerprint density at radius 1 is 0.769 bits per heavy atom. The van der Waals surface area contributed by atoms with Crippen molar-refractivity contribution in [2.75, 3.05) is 30.2 Å². The maximum atomic E-state index is 12.1. The largest absolute Gasteiger partial charge is 0.497 e. The molecule has 0 atom stereocenters. The first-order chi connectivity index (χ1) is 12.4. The minimum atomic E-state index is -0.848. The van der Waals surface area contributed by atoms with Crippen molar-refractivity contribution in [3.8, 4) is 11.5 Å². The number of ether oxygens (including phenoxy) is 2. The standard InChI is InChI=1S/C18H19N3O5/c1-11(22)19-12-4-6-13(7-5-12)20-17(23)18(24)21-15-9-8-14(25-2)10-16(15)26-3/h4-10H,1-3H3,(H,19,22)(H,20,23)(H,21,24). The molecule has 0 aliphatic rings. The lowest BCUT2D eigenvalue weighted by atomic mass is 10.2. The topological polar surface area (TPSA) is 106 Å². The van der Waals surface area contributed by atoms with Gasteiger partial charge in [-0.2, -0.15) is 0 Å². The van der Waals surface area contributed by atoms with Gasteiger partial charge in [0, 0.05) is 24.4 Å². The third kappa shape index (κ3) is 4.97. The first-order valence-corrected chi connectivity index (χ1v) is 7.65. The van der Waals surface area contributed by atoms with Crippen molar-refractivity contribution in [3.63, 3.8) is 0 Å². The highest BCUT2D eigenvalue weighted by Gasteiger charge is 2.16. The first-order valence-electron chi connectivity index (χ1n) is 7.65. The fourth-order valence-electron chi connectivity index (χ4n) is 2.11. The predicted octanol–water partition coefficient (Wildman–Crippen LogP) is 2.24. The zero-order chi connectivity index (χ0) is 19.1. The van der Waals surface area contributed by atoms with Gasteiger partial charge in [-0.3, -0.25) is 14.4 Å². The summed E-state index contributed by atoms with van der Waals surface area (Å²) in [4.78, 5) is 35.1. The van der Waals surface area contributed by atoms with Crippen LogP contribution in [-0.2, 0) is 14.4 Å². The van der Waals surface area contributed by atoms with E-state index in [-0.39, 0.29) is 5.91 Å². The lowest BCUT2D eigenvalue weighted by Gasteiger charge is -2.11. The van der Waals surface area contributed by atoms with Gasteiger partial charge >= 0.3 is 11.8 Å². The molecule has 8 nitrogen and oxygen atoms in total. The summed E-state index contributed by atoms with van der Waals surface area (Å²) in [5, 5.41) is 7.56. The number of carbonyl (C=O) groups is 3. The van der Waals surface area contributed by atoms with E-state index in [1.807, 2.05) is 0 Å². The van der Waals surface area contributed by atoms with Crippen molar-refractivity contribution in [1.82, 2.24) is 0 Å². The van der Waals surface area contributed by atoms with Crippen LogP contribution in [-0.4, -0.2) is 31.9 Å². The van der Waals surface area contributed by atoms with Crippen LogP contribution in [0, 0.1) is 0 Å². The first kappa shape index (κ1) is 18.8. The van der Waals surface area contributed by atoms with Gasteiger partial charge in [0.2, 0.25) is 5.91 Å². The minimum Gasteiger partial charge on any atom is -0.497 e. The smallest absolute Gasteiger partial charge is 0.314 e. The average Bonchev–Trinajstić information content (AvgIpc) is 2.63. The Morgan fingerprint density at radius 3 is 1.88 bits per heavy atom. The van der Waals surface area contributed by atoms with Crippen molar-refractivity contribution in [2.45, 2.75) is 6.92 Å². The van der Waals surface area contributed by atoms with Crippen LogP contribution in [0.1, 0.15) is 6.92 Å². The molecule has 26 heavy (non-hydrogen) atoms.